The molecule has 0 saturated heterocycles. The van der Waals surface area contributed by atoms with E-state index in [-0.39, 0.29) is 33.9 Å². The number of aromatic carboxylic acids is 1. The summed E-state index contributed by atoms with van der Waals surface area (Å²) in [5, 5.41) is 9.87. The molecular weight excluding hydrogens is 392 g/mol. The molecule has 156 valence electrons. The first-order chi connectivity index (χ1) is 13.5. The fourth-order valence-electron chi connectivity index (χ4n) is 2.89. The molecule has 0 bridgehead atoms. The van der Waals surface area contributed by atoms with Gasteiger partial charge in [0.1, 0.15) is 0 Å². The zero-order valence-electron chi connectivity index (χ0n) is 17.5. The highest BCUT2D eigenvalue weighted by Gasteiger charge is 2.24. The van der Waals surface area contributed by atoms with Crippen LogP contribution in [0, 0.1) is 6.92 Å². The molecule has 2 aromatic rings. The molecule has 0 saturated carbocycles. The quantitative estimate of drug-likeness (QED) is 0.324. The lowest BCUT2D eigenvalue weighted by Gasteiger charge is -2.22. The Morgan fingerprint density at radius 1 is 1.14 bits per heavy atom. The summed E-state index contributed by atoms with van der Waals surface area (Å²) < 4.78 is 10.4. The molecule has 0 atom stereocenters. The van der Waals surface area contributed by atoms with Gasteiger partial charge in [-0.05, 0) is 42.0 Å². The molecule has 5 nitrogen and oxygen atoms in total. The van der Waals surface area contributed by atoms with E-state index < -0.39 is 12.1 Å². The van der Waals surface area contributed by atoms with Crippen molar-refractivity contribution >= 4 is 23.7 Å². The summed E-state index contributed by atoms with van der Waals surface area (Å²) in [5.74, 6) is -1.15. The Kier molecular flexibility index (Phi) is 7.31. The van der Waals surface area contributed by atoms with E-state index >= 15 is 0 Å². The van der Waals surface area contributed by atoms with Crippen LogP contribution < -0.4 is 4.74 Å². The molecule has 6 heteroatoms. The minimum absolute atomic E-state index is 0.00350. The van der Waals surface area contributed by atoms with Gasteiger partial charge < -0.3 is 14.6 Å². The predicted octanol–water partition coefficient (Wildman–Crippen LogP) is 6.63. The van der Waals surface area contributed by atoms with Crippen molar-refractivity contribution in [3.8, 4) is 16.9 Å². The fraction of sp³-hybridized carbons (Fsp3) is 0.391. The van der Waals surface area contributed by atoms with Crippen molar-refractivity contribution in [2.45, 2.75) is 52.9 Å². The number of carboxylic acid groups (broad SMARTS) is 1. The molecule has 0 amide bonds. The number of hydrogen-bond acceptors (Lipinski definition) is 4. The summed E-state index contributed by atoms with van der Waals surface area (Å²) in [6.07, 6.45) is 0.664. The molecule has 0 aliphatic heterocycles. The van der Waals surface area contributed by atoms with Crippen LogP contribution in [0.3, 0.4) is 0 Å². The number of carbonyl (C=O) groups excluding carboxylic acids is 1. The minimum Gasteiger partial charge on any atom is -0.478 e. The molecule has 0 spiro atoms. The average molecular weight is 419 g/mol. The molecule has 29 heavy (non-hydrogen) atoms. The topological polar surface area (TPSA) is 72.8 Å². The second kappa shape index (κ2) is 9.31. The molecule has 0 aliphatic rings. The predicted molar refractivity (Wildman–Crippen MR) is 114 cm³/mol. The van der Waals surface area contributed by atoms with Crippen LogP contribution in [-0.2, 0) is 10.2 Å². The summed E-state index contributed by atoms with van der Waals surface area (Å²) in [7, 11) is 0. The monoisotopic (exact) mass is 418 g/mol. The third kappa shape index (κ3) is 5.73. The molecule has 0 fully saturated rings. The Hall–Kier alpha value is -2.53. The molecule has 0 unspecified atom stereocenters. The molecule has 2 aromatic carbocycles. The Balaban J connectivity index is 2.63. The maximum absolute atomic E-state index is 12.1. The second-order valence-corrected chi connectivity index (χ2v) is 8.40. The molecule has 0 aromatic heterocycles. The van der Waals surface area contributed by atoms with Gasteiger partial charge in [0.05, 0.1) is 17.2 Å². The van der Waals surface area contributed by atoms with E-state index in [4.69, 9.17) is 21.1 Å². The number of aryl methyl sites for hydroxylation is 1. The minimum atomic E-state index is -1.14. The number of hydrogen-bond donors (Lipinski definition) is 1. The Bertz CT molecular complexity index is 912. The van der Waals surface area contributed by atoms with Gasteiger partial charge in [-0.2, -0.15) is 0 Å². The highest BCUT2D eigenvalue weighted by molar-refractivity contribution is 6.33. The van der Waals surface area contributed by atoms with Crippen molar-refractivity contribution in [2.75, 3.05) is 6.61 Å². The Labute approximate surface area is 176 Å². The van der Waals surface area contributed by atoms with E-state index in [2.05, 4.69) is 20.8 Å². The summed E-state index contributed by atoms with van der Waals surface area (Å²) in [6, 6.07) is 8.62. The Morgan fingerprint density at radius 2 is 1.83 bits per heavy atom. The number of carboxylic acids is 1. The smallest absolute Gasteiger partial charge is 0.478 e. The van der Waals surface area contributed by atoms with E-state index in [0.29, 0.717) is 12.0 Å². The zero-order valence-corrected chi connectivity index (χ0v) is 18.2. The van der Waals surface area contributed by atoms with Crippen LogP contribution in [0.4, 0.5) is 4.79 Å². The Morgan fingerprint density at radius 3 is 2.41 bits per heavy atom. The normalized spacial score (nSPS) is 11.2. The van der Waals surface area contributed by atoms with Crippen molar-refractivity contribution in [3.63, 3.8) is 0 Å². The van der Waals surface area contributed by atoms with Crippen molar-refractivity contribution in [1.82, 2.24) is 0 Å². The van der Waals surface area contributed by atoms with Gasteiger partial charge >= 0.3 is 12.1 Å². The fourth-order valence-corrected chi connectivity index (χ4v) is 3.09. The van der Waals surface area contributed by atoms with E-state index in [9.17, 15) is 14.7 Å². The highest BCUT2D eigenvalue weighted by atomic mass is 35.5. The van der Waals surface area contributed by atoms with E-state index in [1.165, 1.54) is 12.1 Å². The van der Waals surface area contributed by atoms with E-state index in [1.807, 2.05) is 32.0 Å². The van der Waals surface area contributed by atoms with E-state index in [0.717, 1.165) is 17.5 Å². The lowest BCUT2D eigenvalue weighted by molar-refractivity contribution is 0.0695. The van der Waals surface area contributed by atoms with Crippen molar-refractivity contribution < 1.29 is 24.2 Å². The molecular formula is C23H27ClO5. The van der Waals surface area contributed by atoms with E-state index in [1.54, 1.807) is 0 Å². The largest absolute Gasteiger partial charge is 0.513 e. The molecule has 1 N–H and O–H groups in total. The standard InChI is InChI=1S/C23H27ClO5/c1-6-7-10-28-22(27)29-20-18(24)9-8-17(21(25)26)19(20)15-11-14(2)12-16(13-15)23(3,4)5/h8-9,11-13H,6-7,10H2,1-5H3,(H,25,26). The lowest BCUT2D eigenvalue weighted by Crippen LogP contribution is -2.14. The second-order valence-electron chi connectivity index (χ2n) is 8.00. The first-order valence-electron chi connectivity index (χ1n) is 9.57. The lowest BCUT2D eigenvalue weighted by atomic mass is 9.83. The zero-order chi connectivity index (χ0) is 21.8. The van der Waals surface area contributed by atoms with Crippen LogP contribution in [0.25, 0.3) is 11.1 Å². The number of halogens is 1. The first kappa shape index (κ1) is 22.8. The van der Waals surface area contributed by atoms with Gasteiger partial charge in [0.25, 0.3) is 0 Å². The van der Waals surface area contributed by atoms with Crippen LogP contribution in [0.1, 0.15) is 62.0 Å². The SMILES string of the molecule is CCCCOC(=O)Oc1c(Cl)ccc(C(=O)O)c1-c1cc(C)cc(C(C)(C)C)c1. The van der Waals surface area contributed by atoms with Crippen molar-refractivity contribution in [2.24, 2.45) is 0 Å². The van der Waals surface area contributed by atoms with Gasteiger partial charge in [-0.15, -0.1) is 0 Å². The average Bonchev–Trinajstić information content (AvgIpc) is 2.62. The summed E-state index contributed by atoms with van der Waals surface area (Å²) in [6.45, 7) is 10.4. The number of rotatable bonds is 6. The number of carbonyl (C=O) groups is 2. The third-order valence-corrected chi connectivity index (χ3v) is 4.77. The van der Waals surface area contributed by atoms with Gasteiger partial charge in [0.2, 0.25) is 0 Å². The molecule has 0 aliphatic carbocycles. The van der Waals surface area contributed by atoms with Crippen molar-refractivity contribution in [3.05, 3.63) is 52.0 Å². The number of unbranched alkanes of at least 4 members (excludes halogenated alkanes) is 1. The highest BCUT2D eigenvalue weighted by Crippen LogP contribution is 2.41. The van der Waals surface area contributed by atoms with Gasteiger partial charge in [-0.3, -0.25) is 0 Å². The third-order valence-electron chi connectivity index (χ3n) is 4.48. The van der Waals surface area contributed by atoms with Crippen LogP contribution in [0.5, 0.6) is 5.75 Å². The summed E-state index contributed by atoms with van der Waals surface area (Å²) >= 11 is 6.31. The van der Waals surface area contributed by atoms with Gasteiger partial charge in [0.15, 0.2) is 5.75 Å². The van der Waals surface area contributed by atoms with Gasteiger partial charge in [0, 0.05) is 5.56 Å². The molecule has 2 rings (SSSR count). The summed E-state index contributed by atoms with van der Waals surface area (Å²) in [5.41, 5.74) is 2.71. The first-order valence-corrected chi connectivity index (χ1v) is 9.95. The van der Waals surface area contributed by atoms with Crippen molar-refractivity contribution in [1.29, 1.82) is 0 Å². The maximum atomic E-state index is 12.1. The van der Waals surface area contributed by atoms with Gasteiger partial charge in [-0.1, -0.05) is 69.5 Å². The van der Waals surface area contributed by atoms with Crippen LogP contribution in [0.2, 0.25) is 5.02 Å². The summed E-state index contributed by atoms with van der Waals surface area (Å²) in [4.78, 5) is 24.1. The van der Waals surface area contributed by atoms with Crippen LogP contribution >= 0.6 is 11.6 Å². The van der Waals surface area contributed by atoms with Crippen LogP contribution in [0.15, 0.2) is 30.3 Å². The maximum Gasteiger partial charge on any atom is 0.513 e. The molecule has 0 heterocycles. The van der Waals surface area contributed by atoms with Crippen LogP contribution in [-0.4, -0.2) is 23.8 Å². The molecule has 0 radical (unpaired) electrons. The number of ether oxygens (including phenoxy) is 2. The van der Waals surface area contributed by atoms with Gasteiger partial charge in [-0.25, -0.2) is 9.59 Å². The number of benzene rings is 2.